The Bertz CT molecular complexity index is 647. The van der Waals surface area contributed by atoms with Gasteiger partial charge < -0.3 is 19.3 Å². The highest BCUT2D eigenvalue weighted by Crippen LogP contribution is 2.21. The van der Waals surface area contributed by atoms with Crippen LogP contribution in [0.5, 0.6) is 5.75 Å². The van der Waals surface area contributed by atoms with Gasteiger partial charge >= 0.3 is 0 Å². The van der Waals surface area contributed by atoms with Crippen molar-refractivity contribution in [3.63, 3.8) is 0 Å². The van der Waals surface area contributed by atoms with Crippen LogP contribution in [0.15, 0.2) is 18.2 Å². The quantitative estimate of drug-likeness (QED) is 0.821. The molecule has 26 heavy (non-hydrogen) atoms. The lowest BCUT2D eigenvalue weighted by Crippen LogP contribution is -2.48. The number of piperidine rings is 1. The van der Waals surface area contributed by atoms with Crippen molar-refractivity contribution >= 4 is 11.8 Å². The predicted molar refractivity (Wildman–Crippen MR) is 98.1 cm³/mol. The lowest BCUT2D eigenvalue weighted by molar-refractivity contribution is -0.144. The topological polar surface area (TPSA) is 59.1 Å². The first-order chi connectivity index (χ1) is 12.5. The lowest BCUT2D eigenvalue weighted by Gasteiger charge is -2.35. The maximum Gasteiger partial charge on any atom is 0.260 e. The molecule has 2 saturated heterocycles. The summed E-state index contributed by atoms with van der Waals surface area (Å²) in [7, 11) is 0. The molecule has 0 aliphatic carbocycles. The molecule has 1 aromatic rings. The van der Waals surface area contributed by atoms with Crippen molar-refractivity contribution in [3.8, 4) is 5.75 Å². The van der Waals surface area contributed by atoms with Crippen LogP contribution < -0.4 is 4.74 Å². The SMILES string of the molecule is Cc1ccc(OCC(=O)N2CCC(C(=O)N3CCOCC3)CC2)cc1C. The zero-order valence-corrected chi connectivity index (χ0v) is 15.7. The molecule has 0 aromatic heterocycles. The molecular weight excluding hydrogens is 332 g/mol. The van der Waals surface area contributed by atoms with Gasteiger partial charge in [-0.1, -0.05) is 6.07 Å². The molecule has 2 amide bonds. The first-order valence-corrected chi connectivity index (χ1v) is 9.39. The van der Waals surface area contributed by atoms with Crippen molar-refractivity contribution in [1.29, 1.82) is 0 Å². The van der Waals surface area contributed by atoms with Crippen LogP contribution in [0.3, 0.4) is 0 Å². The van der Waals surface area contributed by atoms with E-state index in [0.29, 0.717) is 39.4 Å². The van der Waals surface area contributed by atoms with E-state index >= 15 is 0 Å². The van der Waals surface area contributed by atoms with Crippen molar-refractivity contribution in [1.82, 2.24) is 9.80 Å². The first kappa shape index (κ1) is 18.7. The minimum Gasteiger partial charge on any atom is -0.484 e. The number of ether oxygens (including phenoxy) is 2. The molecule has 0 radical (unpaired) electrons. The van der Waals surface area contributed by atoms with Crippen LogP contribution in [0.25, 0.3) is 0 Å². The molecule has 0 atom stereocenters. The second-order valence-electron chi connectivity index (χ2n) is 7.13. The summed E-state index contributed by atoms with van der Waals surface area (Å²) >= 11 is 0. The third-order valence-electron chi connectivity index (χ3n) is 5.36. The summed E-state index contributed by atoms with van der Waals surface area (Å²) < 4.78 is 10.9. The lowest BCUT2D eigenvalue weighted by atomic mass is 9.95. The summed E-state index contributed by atoms with van der Waals surface area (Å²) in [6.45, 7) is 7.98. The van der Waals surface area contributed by atoms with Gasteiger partial charge in [-0.15, -0.1) is 0 Å². The van der Waals surface area contributed by atoms with Crippen LogP contribution in [0.1, 0.15) is 24.0 Å². The Balaban J connectivity index is 1.44. The van der Waals surface area contributed by atoms with Crippen LogP contribution >= 0.6 is 0 Å². The molecule has 2 aliphatic rings. The minimum absolute atomic E-state index is 0.0134. The van der Waals surface area contributed by atoms with Crippen LogP contribution in [0, 0.1) is 19.8 Å². The van der Waals surface area contributed by atoms with Crippen LogP contribution in [-0.4, -0.2) is 67.6 Å². The van der Waals surface area contributed by atoms with E-state index in [4.69, 9.17) is 9.47 Å². The van der Waals surface area contributed by atoms with E-state index in [-0.39, 0.29) is 24.3 Å². The highest BCUT2D eigenvalue weighted by atomic mass is 16.5. The summed E-state index contributed by atoms with van der Waals surface area (Å²) in [5.41, 5.74) is 2.35. The highest BCUT2D eigenvalue weighted by molar-refractivity contribution is 5.80. The molecule has 6 heteroatoms. The summed E-state index contributed by atoms with van der Waals surface area (Å²) in [6, 6.07) is 5.84. The number of nitrogens with zero attached hydrogens (tertiary/aromatic N) is 2. The van der Waals surface area contributed by atoms with E-state index in [2.05, 4.69) is 0 Å². The minimum atomic E-state index is -0.0134. The molecular formula is C20H28N2O4. The van der Waals surface area contributed by atoms with E-state index in [1.807, 2.05) is 41.8 Å². The Kier molecular flexibility index (Phi) is 6.14. The number of carbonyl (C=O) groups is 2. The van der Waals surface area contributed by atoms with Crippen molar-refractivity contribution in [2.24, 2.45) is 5.92 Å². The van der Waals surface area contributed by atoms with Gasteiger partial charge in [-0.05, 0) is 49.9 Å². The molecule has 0 N–H and O–H groups in total. The number of morpholine rings is 1. The van der Waals surface area contributed by atoms with Gasteiger partial charge in [0.1, 0.15) is 5.75 Å². The second-order valence-corrected chi connectivity index (χ2v) is 7.13. The number of amides is 2. The second kappa shape index (κ2) is 8.54. The third kappa shape index (κ3) is 4.55. The normalized spacial score (nSPS) is 18.7. The Morgan fingerprint density at radius 1 is 1.04 bits per heavy atom. The number of likely N-dealkylation sites (tertiary alicyclic amines) is 1. The van der Waals surface area contributed by atoms with Crippen molar-refractivity contribution < 1.29 is 19.1 Å². The van der Waals surface area contributed by atoms with E-state index in [1.54, 1.807) is 0 Å². The molecule has 0 unspecified atom stereocenters. The number of benzene rings is 1. The molecule has 0 spiro atoms. The summed E-state index contributed by atoms with van der Waals surface area (Å²) in [4.78, 5) is 28.6. The Morgan fingerprint density at radius 3 is 2.38 bits per heavy atom. The molecule has 142 valence electrons. The largest absolute Gasteiger partial charge is 0.484 e. The maximum atomic E-state index is 12.5. The molecule has 2 fully saturated rings. The van der Waals surface area contributed by atoms with Gasteiger partial charge in [-0.3, -0.25) is 9.59 Å². The number of hydrogen-bond acceptors (Lipinski definition) is 4. The van der Waals surface area contributed by atoms with Gasteiger partial charge in [0.05, 0.1) is 13.2 Å². The van der Waals surface area contributed by atoms with Gasteiger partial charge in [-0.25, -0.2) is 0 Å². The molecule has 0 saturated carbocycles. The fourth-order valence-corrected chi connectivity index (χ4v) is 3.46. The average Bonchev–Trinajstić information content (AvgIpc) is 2.69. The van der Waals surface area contributed by atoms with E-state index in [9.17, 15) is 9.59 Å². The van der Waals surface area contributed by atoms with Crippen molar-refractivity contribution in [2.75, 3.05) is 46.0 Å². The average molecular weight is 360 g/mol. The Labute approximate surface area is 155 Å². The highest BCUT2D eigenvalue weighted by Gasteiger charge is 2.30. The summed E-state index contributed by atoms with van der Waals surface area (Å²) in [6.07, 6.45) is 1.46. The fraction of sp³-hybridized carbons (Fsp3) is 0.600. The van der Waals surface area contributed by atoms with E-state index < -0.39 is 0 Å². The molecule has 0 bridgehead atoms. The van der Waals surface area contributed by atoms with Crippen molar-refractivity contribution in [3.05, 3.63) is 29.3 Å². The zero-order chi connectivity index (χ0) is 18.5. The Morgan fingerprint density at radius 2 is 1.73 bits per heavy atom. The Hall–Kier alpha value is -2.08. The van der Waals surface area contributed by atoms with Gasteiger partial charge in [0.2, 0.25) is 5.91 Å². The van der Waals surface area contributed by atoms with Crippen LogP contribution in [-0.2, 0) is 14.3 Å². The zero-order valence-electron chi connectivity index (χ0n) is 15.7. The number of hydrogen-bond donors (Lipinski definition) is 0. The van der Waals surface area contributed by atoms with Gasteiger partial charge in [0.25, 0.3) is 5.91 Å². The predicted octanol–water partition coefficient (Wildman–Crippen LogP) is 1.78. The third-order valence-corrected chi connectivity index (χ3v) is 5.36. The van der Waals surface area contributed by atoms with E-state index in [1.165, 1.54) is 5.56 Å². The molecule has 3 rings (SSSR count). The molecule has 1 aromatic carbocycles. The van der Waals surface area contributed by atoms with Crippen LogP contribution in [0.2, 0.25) is 0 Å². The number of carbonyl (C=O) groups excluding carboxylic acids is 2. The van der Waals surface area contributed by atoms with E-state index in [0.717, 1.165) is 24.2 Å². The molecule has 2 aliphatic heterocycles. The summed E-state index contributed by atoms with van der Waals surface area (Å²) in [5, 5.41) is 0. The monoisotopic (exact) mass is 360 g/mol. The number of rotatable bonds is 4. The fourth-order valence-electron chi connectivity index (χ4n) is 3.46. The molecule has 6 nitrogen and oxygen atoms in total. The molecule has 2 heterocycles. The summed E-state index contributed by atoms with van der Waals surface area (Å²) in [5.74, 6) is 0.948. The smallest absolute Gasteiger partial charge is 0.260 e. The van der Waals surface area contributed by atoms with Crippen LogP contribution in [0.4, 0.5) is 0 Å². The standard InChI is InChI=1S/C20H28N2O4/c1-15-3-4-18(13-16(15)2)26-14-19(23)21-7-5-17(6-8-21)20(24)22-9-11-25-12-10-22/h3-4,13,17H,5-12,14H2,1-2H3. The van der Waals surface area contributed by atoms with Gasteiger partial charge in [0.15, 0.2) is 6.61 Å². The number of aryl methyl sites for hydroxylation is 2. The van der Waals surface area contributed by atoms with Crippen molar-refractivity contribution in [2.45, 2.75) is 26.7 Å². The first-order valence-electron chi connectivity index (χ1n) is 9.39. The maximum absolute atomic E-state index is 12.5. The van der Waals surface area contributed by atoms with Gasteiger partial charge in [-0.2, -0.15) is 0 Å². The van der Waals surface area contributed by atoms with Gasteiger partial charge in [0, 0.05) is 32.1 Å².